The second kappa shape index (κ2) is 12.1. The van der Waals surface area contributed by atoms with Gasteiger partial charge in [-0.05, 0) is 43.2 Å². The molecule has 1 aliphatic heterocycles. The number of amides is 1. The van der Waals surface area contributed by atoms with Crippen molar-refractivity contribution in [2.24, 2.45) is 5.14 Å². The average Bonchev–Trinajstić information content (AvgIpc) is 3.26. The highest BCUT2D eigenvalue weighted by atomic mass is 32.2. The largest absolute Gasteiger partial charge is 0.501 e. The summed E-state index contributed by atoms with van der Waals surface area (Å²) >= 11 is 1.41. The van der Waals surface area contributed by atoms with Crippen LogP contribution in [0.1, 0.15) is 12.8 Å². The first-order valence-electron chi connectivity index (χ1n) is 11.3. The third-order valence-electron chi connectivity index (χ3n) is 5.82. The lowest BCUT2D eigenvalue weighted by atomic mass is 10.2. The average molecular weight is 597 g/mol. The van der Waals surface area contributed by atoms with E-state index in [1.165, 1.54) is 11.8 Å². The van der Waals surface area contributed by atoms with Gasteiger partial charge in [0.15, 0.2) is 0 Å². The summed E-state index contributed by atoms with van der Waals surface area (Å²) in [6, 6.07) is 10.7. The fourth-order valence-corrected chi connectivity index (χ4v) is 6.50. The minimum absolute atomic E-state index is 0.244. The summed E-state index contributed by atoms with van der Waals surface area (Å²) in [5, 5.41) is 19.2. The van der Waals surface area contributed by atoms with E-state index in [9.17, 15) is 34.8 Å². The summed E-state index contributed by atoms with van der Waals surface area (Å²) in [7, 11) is -10.4. The molecular formula is C22H27F3N4O6S3. The molecule has 0 saturated carbocycles. The molecule has 2 aromatic rings. The van der Waals surface area contributed by atoms with Gasteiger partial charge in [0, 0.05) is 42.4 Å². The number of halogens is 3. The normalized spacial score (nSPS) is 17.7. The van der Waals surface area contributed by atoms with Gasteiger partial charge in [0.1, 0.15) is 4.90 Å². The van der Waals surface area contributed by atoms with Gasteiger partial charge < -0.3 is 20.6 Å². The number of sulfonamides is 1. The highest BCUT2D eigenvalue weighted by Crippen LogP contribution is 2.36. The molecule has 16 heteroatoms. The Morgan fingerprint density at radius 3 is 2.45 bits per heavy atom. The minimum Gasteiger partial charge on any atom is -0.465 e. The molecule has 0 spiro atoms. The van der Waals surface area contributed by atoms with Crippen molar-refractivity contribution in [3.63, 3.8) is 0 Å². The maximum Gasteiger partial charge on any atom is 0.501 e. The van der Waals surface area contributed by atoms with Crippen LogP contribution in [0.4, 0.5) is 23.7 Å². The van der Waals surface area contributed by atoms with E-state index in [0.29, 0.717) is 44.3 Å². The molecule has 0 aliphatic carbocycles. The van der Waals surface area contributed by atoms with Crippen LogP contribution >= 0.6 is 11.8 Å². The number of nitrogens with two attached hydrogens (primary N) is 1. The van der Waals surface area contributed by atoms with Crippen LogP contribution in [0.2, 0.25) is 0 Å². The van der Waals surface area contributed by atoms with Crippen LogP contribution in [0.5, 0.6) is 0 Å². The molecule has 2 unspecified atom stereocenters. The van der Waals surface area contributed by atoms with Crippen LogP contribution in [0.3, 0.4) is 0 Å². The number of hydrogen-bond donors (Lipinski definition) is 4. The number of hydrogen-bond acceptors (Lipinski definition) is 8. The molecule has 3 rings (SSSR count). The first-order valence-corrected chi connectivity index (χ1v) is 15.3. The number of benzene rings is 2. The summed E-state index contributed by atoms with van der Waals surface area (Å²) in [5.74, 6) is 0.344. The van der Waals surface area contributed by atoms with Gasteiger partial charge >= 0.3 is 11.6 Å². The van der Waals surface area contributed by atoms with Crippen molar-refractivity contribution in [2.45, 2.75) is 45.1 Å². The van der Waals surface area contributed by atoms with E-state index in [1.807, 2.05) is 35.2 Å². The predicted molar refractivity (Wildman–Crippen MR) is 136 cm³/mol. The Hall–Kier alpha value is -2.53. The van der Waals surface area contributed by atoms with Gasteiger partial charge in [-0.25, -0.2) is 26.8 Å². The van der Waals surface area contributed by atoms with Crippen LogP contribution < -0.4 is 15.8 Å². The first kappa shape index (κ1) is 30.0. The number of primary sulfonamides is 1. The summed E-state index contributed by atoms with van der Waals surface area (Å²) in [6.45, 7) is 1.53. The molecule has 1 aliphatic rings. The van der Waals surface area contributed by atoms with Gasteiger partial charge in [-0.15, -0.1) is 11.8 Å². The standard InChI is InChI=1S/C22H27F3N4O6S3/c23-22(24,25)37(32,33)20-12-18(38(26,34)35)6-7-19(20)27-16(14-36-17-4-2-1-3-5-17)9-11-29-10-8-15(13-29)28-21(30)31/h1-7,12,15-16,27-28H,8-11,13-14H2,(H,30,31)(H2,26,34,35). The summed E-state index contributed by atoms with van der Waals surface area (Å²) in [5.41, 5.74) is -6.07. The summed E-state index contributed by atoms with van der Waals surface area (Å²) in [4.78, 5) is 11.8. The molecular weight excluding hydrogens is 569 g/mol. The van der Waals surface area contributed by atoms with Crippen molar-refractivity contribution in [3.8, 4) is 0 Å². The predicted octanol–water partition coefficient (Wildman–Crippen LogP) is 2.93. The first-order chi connectivity index (χ1) is 17.7. The van der Waals surface area contributed by atoms with Crippen molar-refractivity contribution in [1.82, 2.24) is 10.2 Å². The van der Waals surface area contributed by atoms with E-state index < -0.39 is 53.0 Å². The Balaban J connectivity index is 1.87. The van der Waals surface area contributed by atoms with Gasteiger partial charge in [0.25, 0.3) is 9.84 Å². The van der Waals surface area contributed by atoms with E-state index in [4.69, 9.17) is 10.2 Å². The van der Waals surface area contributed by atoms with E-state index in [0.717, 1.165) is 17.0 Å². The number of thioether (sulfide) groups is 1. The second-order valence-electron chi connectivity index (χ2n) is 8.64. The third-order valence-corrected chi connectivity index (χ3v) is 9.44. The topological polar surface area (TPSA) is 159 Å². The van der Waals surface area contributed by atoms with Crippen LogP contribution in [0.15, 0.2) is 63.2 Å². The highest BCUT2D eigenvalue weighted by Gasteiger charge is 2.48. The molecule has 10 nitrogen and oxygen atoms in total. The van der Waals surface area contributed by atoms with Crippen LogP contribution in [-0.2, 0) is 19.9 Å². The van der Waals surface area contributed by atoms with E-state index >= 15 is 0 Å². The number of alkyl halides is 3. The monoisotopic (exact) mass is 596 g/mol. The quantitative estimate of drug-likeness (QED) is 0.286. The van der Waals surface area contributed by atoms with E-state index in [2.05, 4.69) is 10.6 Å². The SMILES string of the molecule is NS(=O)(=O)c1ccc(NC(CCN2CCC(NC(=O)O)C2)CSc2ccccc2)c(S(=O)(=O)C(F)(F)F)c1. The van der Waals surface area contributed by atoms with Gasteiger partial charge in [0.2, 0.25) is 10.0 Å². The van der Waals surface area contributed by atoms with Gasteiger partial charge in [-0.2, -0.15) is 13.2 Å². The molecule has 2 aromatic carbocycles. The second-order valence-corrected chi connectivity index (χ2v) is 13.2. The molecule has 0 bridgehead atoms. The molecule has 38 heavy (non-hydrogen) atoms. The third kappa shape index (κ3) is 7.99. The lowest BCUT2D eigenvalue weighted by Crippen LogP contribution is -2.37. The summed E-state index contributed by atoms with van der Waals surface area (Å²) in [6.07, 6.45) is -0.147. The smallest absolute Gasteiger partial charge is 0.465 e. The van der Waals surface area contributed by atoms with Crippen molar-refractivity contribution >= 4 is 43.4 Å². The number of carboxylic acid groups (broad SMARTS) is 1. The molecule has 210 valence electrons. The Kier molecular flexibility index (Phi) is 9.57. The van der Waals surface area contributed by atoms with Crippen LogP contribution in [-0.4, -0.2) is 75.9 Å². The minimum atomic E-state index is -5.92. The Morgan fingerprint density at radius 2 is 1.84 bits per heavy atom. The number of rotatable bonds is 11. The zero-order valence-electron chi connectivity index (χ0n) is 19.9. The van der Waals surface area contributed by atoms with Crippen molar-refractivity contribution in [2.75, 3.05) is 30.7 Å². The number of sulfone groups is 1. The van der Waals surface area contributed by atoms with E-state index in [1.54, 1.807) is 0 Å². The molecule has 1 saturated heterocycles. The number of nitrogens with one attached hydrogen (secondary N) is 2. The van der Waals surface area contributed by atoms with E-state index in [-0.39, 0.29) is 6.04 Å². The fraction of sp³-hybridized carbons (Fsp3) is 0.409. The lowest BCUT2D eigenvalue weighted by molar-refractivity contribution is -0.0435. The number of carbonyl (C=O) groups is 1. The fourth-order valence-electron chi connectivity index (χ4n) is 3.94. The van der Waals surface area contributed by atoms with Gasteiger partial charge in [-0.3, -0.25) is 0 Å². The molecule has 1 heterocycles. The Labute approximate surface area is 222 Å². The van der Waals surface area contributed by atoms with Crippen molar-refractivity contribution in [3.05, 3.63) is 48.5 Å². The Morgan fingerprint density at radius 1 is 1.16 bits per heavy atom. The molecule has 2 atom stereocenters. The van der Waals surface area contributed by atoms with Crippen LogP contribution in [0, 0.1) is 0 Å². The molecule has 0 aromatic heterocycles. The zero-order chi connectivity index (χ0) is 28.1. The molecule has 1 amide bonds. The number of likely N-dealkylation sites (tertiary alicyclic amines) is 1. The number of nitrogens with zero attached hydrogens (tertiary/aromatic N) is 1. The molecule has 0 radical (unpaired) electrons. The zero-order valence-corrected chi connectivity index (χ0v) is 22.3. The highest BCUT2D eigenvalue weighted by molar-refractivity contribution is 7.99. The maximum atomic E-state index is 13.5. The maximum absolute atomic E-state index is 13.5. The summed E-state index contributed by atoms with van der Waals surface area (Å²) < 4.78 is 88.5. The van der Waals surface area contributed by atoms with Crippen LogP contribution in [0.25, 0.3) is 0 Å². The lowest BCUT2D eigenvalue weighted by Gasteiger charge is -2.25. The number of anilines is 1. The van der Waals surface area contributed by atoms with Crippen molar-refractivity contribution in [1.29, 1.82) is 0 Å². The van der Waals surface area contributed by atoms with Gasteiger partial charge in [0.05, 0.1) is 10.6 Å². The van der Waals surface area contributed by atoms with Crippen molar-refractivity contribution < 1.29 is 39.9 Å². The molecule has 5 N–H and O–H groups in total. The van der Waals surface area contributed by atoms with Gasteiger partial charge in [-0.1, -0.05) is 18.2 Å². The Bertz CT molecular complexity index is 1340. The molecule has 1 fully saturated rings.